The lowest BCUT2D eigenvalue weighted by atomic mass is 10.2. The molecule has 2 heterocycles. The van der Waals surface area contributed by atoms with Gasteiger partial charge >= 0.3 is 0 Å². The SMILES string of the molecule is CCNc1ccc(C(=O)N2CCc3ccccc32)cn1. The van der Waals surface area contributed by atoms with E-state index in [4.69, 9.17) is 0 Å². The Morgan fingerprint density at radius 3 is 2.90 bits per heavy atom. The highest BCUT2D eigenvalue weighted by Crippen LogP contribution is 2.28. The van der Waals surface area contributed by atoms with Crippen molar-refractivity contribution in [2.24, 2.45) is 0 Å². The van der Waals surface area contributed by atoms with Crippen molar-refractivity contribution in [2.75, 3.05) is 23.3 Å². The van der Waals surface area contributed by atoms with Gasteiger partial charge in [0, 0.05) is 25.0 Å². The van der Waals surface area contributed by atoms with E-state index >= 15 is 0 Å². The van der Waals surface area contributed by atoms with Crippen LogP contribution in [0.25, 0.3) is 0 Å². The zero-order valence-corrected chi connectivity index (χ0v) is 11.5. The van der Waals surface area contributed by atoms with Crippen LogP contribution in [0.15, 0.2) is 42.6 Å². The first-order valence-electron chi connectivity index (χ1n) is 6.89. The molecule has 2 aromatic rings. The van der Waals surface area contributed by atoms with Crippen LogP contribution in [0.5, 0.6) is 0 Å². The van der Waals surface area contributed by atoms with E-state index in [-0.39, 0.29) is 5.91 Å². The lowest BCUT2D eigenvalue weighted by Gasteiger charge is -2.17. The number of carbonyl (C=O) groups excluding carboxylic acids is 1. The molecule has 1 aliphatic heterocycles. The summed E-state index contributed by atoms with van der Waals surface area (Å²) in [5.41, 5.74) is 2.88. The molecule has 3 rings (SSSR count). The Balaban J connectivity index is 1.83. The average molecular weight is 267 g/mol. The first kappa shape index (κ1) is 12.7. The highest BCUT2D eigenvalue weighted by Gasteiger charge is 2.25. The fourth-order valence-corrected chi connectivity index (χ4v) is 2.51. The maximum absolute atomic E-state index is 12.5. The van der Waals surface area contributed by atoms with E-state index in [2.05, 4.69) is 16.4 Å². The van der Waals surface area contributed by atoms with Crippen LogP contribution >= 0.6 is 0 Å². The Labute approximate surface area is 118 Å². The van der Waals surface area contributed by atoms with Crippen molar-refractivity contribution in [1.29, 1.82) is 0 Å². The van der Waals surface area contributed by atoms with Crippen molar-refractivity contribution in [3.63, 3.8) is 0 Å². The number of anilines is 2. The quantitative estimate of drug-likeness (QED) is 0.930. The lowest BCUT2D eigenvalue weighted by molar-refractivity contribution is 0.0989. The molecule has 0 unspecified atom stereocenters. The van der Waals surface area contributed by atoms with Crippen LogP contribution in [0.1, 0.15) is 22.8 Å². The van der Waals surface area contributed by atoms with Gasteiger partial charge in [0.05, 0.1) is 5.56 Å². The Morgan fingerprint density at radius 2 is 2.15 bits per heavy atom. The summed E-state index contributed by atoms with van der Waals surface area (Å²) >= 11 is 0. The number of nitrogens with one attached hydrogen (secondary N) is 1. The van der Waals surface area contributed by atoms with E-state index in [9.17, 15) is 4.79 Å². The minimum Gasteiger partial charge on any atom is -0.370 e. The molecule has 0 atom stereocenters. The molecule has 4 nitrogen and oxygen atoms in total. The lowest BCUT2D eigenvalue weighted by Crippen LogP contribution is -2.28. The van der Waals surface area contributed by atoms with Crippen LogP contribution in [0.2, 0.25) is 0 Å². The zero-order valence-electron chi connectivity index (χ0n) is 11.5. The van der Waals surface area contributed by atoms with Gasteiger partial charge in [0.25, 0.3) is 5.91 Å². The summed E-state index contributed by atoms with van der Waals surface area (Å²) in [5.74, 6) is 0.816. The molecule has 0 saturated carbocycles. The summed E-state index contributed by atoms with van der Waals surface area (Å²) in [7, 11) is 0. The number of carbonyl (C=O) groups is 1. The number of pyridine rings is 1. The van der Waals surface area contributed by atoms with Crippen LogP contribution in [-0.4, -0.2) is 24.0 Å². The summed E-state index contributed by atoms with van der Waals surface area (Å²) in [6, 6.07) is 11.7. The molecule has 1 aliphatic rings. The molecule has 4 heteroatoms. The van der Waals surface area contributed by atoms with E-state index in [1.807, 2.05) is 42.2 Å². The smallest absolute Gasteiger partial charge is 0.259 e. The monoisotopic (exact) mass is 267 g/mol. The Kier molecular flexibility index (Phi) is 3.37. The summed E-state index contributed by atoms with van der Waals surface area (Å²) in [6.07, 6.45) is 2.56. The Hall–Kier alpha value is -2.36. The summed E-state index contributed by atoms with van der Waals surface area (Å²) in [5, 5.41) is 3.12. The summed E-state index contributed by atoms with van der Waals surface area (Å²) in [4.78, 5) is 18.6. The van der Waals surface area contributed by atoms with Crippen LogP contribution < -0.4 is 10.2 Å². The van der Waals surface area contributed by atoms with Gasteiger partial charge in [-0.25, -0.2) is 4.98 Å². The highest BCUT2D eigenvalue weighted by atomic mass is 16.2. The van der Waals surface area contributed by atoms with Crippen molar-refractivity contribution in [2.45, 2.75) is 13.3 Å². The molecular formula is C16H17N3O. The summed E-state index contributed by atoms with van der Waals surface area (Å²) < 4.78 is 0. The van der Waals surface area contributed by atoms with E-state index in [1.165, 1.54) is 5.56 Å². The minimum atomic E-state index is 0.0190. The molecule has 1 aromatic carbocycles. The third-order valence-corrected chi connectivity index (χ3v) is 3.50. The largest absolute Gasteiger partial charge is 0.370 e. The molecule has 0 radical (unpaired) electrons. The number of amides is 1. The van der Waals surface area contributed by atoms with Gasteiger partial charge in [-0.05, 0) is 37.1 Å². The average Bonchev–Trinajstić information content (AvgIpc) is 2.92. The van der Waals surface area contributed by atoms with Gasteiger partial charge in [0.2, 0.25) is 0 Å². The Morgan fingerprint density at radius 1 is 1.30 bits per heavy atom. The predicted molar refractivity (Wildman–Crippen MR) is 80.2 cm³/mol. The normalized spacial score (nSPS) is 13.2. The zero-order chi connectivity index (χ0) is 13.9. The van der Waals surface area contributed by atoms with E-state index < -0.39 is 0 Å². The van der Waals surface area contributed by atoms with Gasteiger partial charge in [-0.15, -0.1) is 0 Å². The number of rotatable bonds is 3. The Bertz CT molecular complexity index is 622. The molecule has 1 amide bonds. The van der Waals surface area contributed by atoms with Crippen molar-refractivity contribution in [1.82, 2.24) is 4.98 Å². The number of fused-ring (bicyclic) bond motifs is 1. The molecule has 0 spiro atoms. The molecule has 1 N–H and O–H groups in total. The van der Waals surface area contributed by atoms with Gasteiger partial charge in [0.1, 0.15) is 5.82 Å². The van der Waals surface area contributed by atoms with Crippen molar-refractivity contribution >= 4 is 17.4 Å². The van der Waals surface area contributed by atoms with Crippen molar-refractivity contribution in [3.05, 3.63) is 53.7 Å². The second-order valence-corrected chi connectivity index (χ2v) is 4.80. The van der Waals surface area contributed by atoms with Crippen molar-refractivity contribution in [3.8, 4) is 0 Å². The predicted octanol–water partition coefficient (Wildman–Crippen LogP) is 2.72. The third-order valence-electron chi connectivity index (χ3n) is 3.50. The summed E-state index contributed by atoms with van der Waals surface area (Å²) in [6.45, 7) is 3.58. The van der Waals surface area contributed by atoms with Gasteiger partial charge in [-0.1, -0.05) is 18.2 Å². The van der Waals surface area contributed by atoms with Crippen molar-refractivity contribution < 1.29 is 4.79 Å². The van der Waals surface area contributed by atoms with Gasteiger partial charge < -0.3 is 10.2 Å². The second-order valence-electron chi connectivity index (χ2n) is 4.80. The molecule has 102 valence electrons. The van der Waals surface area contributed by atoms with Crippen LogP contribution in [0.4, 0.5) is 11.5 Å². The number of hydrogen-bond acceptors (Lipinski definition) is 3. The van der Waals surface area contributed by atoms with Gasteiger partial charge in [-0.3, -0.25) is 4.79 Å². The fraction of sp³-hybridized carbons (Fsp3) is 0.250. The highest BCUT2D eigenvalue weighted by molar-refractivity contribution is 6.07. The standard InChI is InChI=1S/C16H17N3O/c1-2-17-15-8-7-13(11-18-15)16(20)19-10-9-12-5-3-4-6-14(12)19/h3-8,11H,2,9-10H2,1H3,(H,17,18). The minimum absolute atomic E-state index is 0.0190. The van der Waals surface area contributed by atoms with Gasteiger partial charge in [-0.2, -0.15) is 0 Å². The van der Waals surface area contributed by atoms with Gasteiger partial charge in [0.15, 0.2) is 0 Å². The van der Waals surface area contributed by atoms with Crippen LogP contribution in [-0.2, 0) is 6.42 Å². The molecule has 0 bridgehead atoms. The first-order chi connectivity index (χ1) is 9.79. The number of benzene rings is 1. The number of aromatic nitrogens is 1. The number of para-hydroxylation sites is 1. The molecule has 0 fully saturated rings. The molecule has 0 aliphatic carbocycles. The topological polar surface area (TPSA) is 45.2 Å². The molecule has 20 heavy (non-hydrogen) atoms. The maximum atomic E-state index is 12.5. The first-order valence-corrected chi connectivity index (χ1v) is 6.89. The second kappa shape index (κ2) is 5.33. The molecule has 1 aromatic heterocycles. The van der Waals surface area contributed by atoms with E-state index in [1.54, 1.807) is 6.20 Å². The molecule has 0 saturated heterocycles. The molecular weight excluding hydrogens is 250 g/mol. The number of nitrogens with zero attached hydrogens (tertiary/aromatic N) is 2. The van der Waals surface area contributed by atoms with E-state index in [0.717, 1.165) is 31.0 Å². The van der Waals surface area contributed by atoms with Crippen LogP contribution in [0.3, 0.4) is 0 Å². The van der Waals surface area contributed by atoms with Crippen LogP contribution in [0, 0.1) is 0 Å². The fourth-order valence-electron chi connectivity index (χ4n) is 2.51. The number of hydrogen-bond donors (Lipinski definition) is 1. The third kappa shape index (κ3) is 2.25. The maximum Gasteiger partial charge on any atom is 0.259 e. The van der Waals surface area contributed by atoms with E-state index in [0.29, 0.717) is 5.56 Å².